The molecule has 3 nitrogen and oxygen atoms in total. The van der Waals surface area contributed by atoms with Gasteiger partial charge in [-0.1, -0.05) is 6.07 Å². The molecule has 0 amide bonds. The fraction of sp³-hybridized carbons (Fsp3) is 0.182. The predicted octanol–water partition coefficient (Wildman–Crippen LogP) is 1.96. The third-order valence-corrected chi connectivity index (χ3v) is 2.39. The summed E-state index contributed by atoms with van der Waals surface area (Å²) in [6.45, 7) is 2.29. The monoisotopic (exact) mass is 205 g/mol. The number of halogens is 1. The number of rotatable bonds is 2. The van der Waals surface area contributed by atoms with E-state index in [2.05, 4.69) is 5.10 Å². The standard InChI is InChI=1S/C11H12FN3/c1-8-5-6-14-15(8)7-9-10(12)3-2-4-11(9)13/h2-6H,7,13H2,1H3. The van der Waals surface area contributed by atoms with Gasteiger partial charge in [-0.25, -0.2) is 4.39 Å². The number of nitrogen functional groups attached to an aromatic ring is 1. The van der Waals surface area contributed by atoms with E-state index < -0.39 is 0 Å². The second-order valence-corrected chi connectivity index (χ2v) is 3.44. The van der Waals surface area contributed by atoms with Crippen LogP contribution in [-0.2, 0) is 6.54 Å². The SMILES string of the molecule is Cc1ccnn1Cc1c(N)cccc1F. The molecule has 4 heteroatoms. The predicted molar refractivity (Wildman–Crippen MR) is 56.9 cm³/mol. The summed E-state index contributed by atoms with van der Waals surface area (Å²) in [7, 11) is 0. The summed E-state index contributed by atoms with van der Waals surface area (Å²) in [5, 5.41) is 4.09. The van der Waals surface area contributed by atoms with Crippen LogP contribution in [0.2, 0.25) is 0 Å². The molecule has 0 unspecified atom stereocenters. The van der Waals surface area contributed by atoms with Crippen LogP contribution in [0, 0.1) is 12.7 Å². The number of aryl methyl sites for hydroxylation is 1. The number of hydrogen-bond acceptors (Lipinski definition) is 2. The highest BCUT2D eigenvalue weighted by Crippen LogP contribution is 2.17. The van der Waals surface area contributed by atoms with Gasteiger partial charge >= 0.3 is 0 Å². The minimum atomic E-state index is -0.287. The molecule has 0 saturated carbocycles. The fourth-order valence-corrected chi connectivity index (χ4v) is 1.46. The van der Waals surface area contributed by atoms with Gasteiger partial charge < -0.3 is 5.73 Å². The molecule has 1 heterocycles. The van der Waals surface area contributed by atoms with Crippen LogP contribution in [-0.4, -0.2) is 9.78 Å². The van der Waals surface area contributed by atoms with Crippen molar-refractivity contribution in [1.82, 2.24) is 9.78 Å². The van der Waals surface area contributed by atoms with E-state index in [9.17, 15) is 4.39 Å². The molecule has 78 valence electrons. The molecule has 0 radical (unpaired) electrons. The van der Waals surface area contributed by atoms with Crippen molar-refractivity contribution < 1.29 is 4.39 Å². The molecule has 2 rings (SSSR count). The van der Waals surface area contributed by atoms with Gasteiger partial charge in [0.1, 0.15) is 5.82 Å². The van der Waals surface area contributed by atoms with Crippen LogP contribution in [0.3, 0.4) is 0 Å². The maximum atomic E-state index is 13.5. The Labute approximate surface area is 87.3 Å². The Kier molecular flexibility index (Phi) is 2.41. The summed E-state index contributed by atoms with van der Waals surface area (Å²) in [6.07, 6.45) is 1.69. The molecule has 0 fully saturated rings. The largest absolute Gasteiger partial charge is 0.398 e. The zero-order valence-corrected chi connectivity index (χ0v) is 8.44. The first-order chi connectivity index (χ1) is 7.18. The second-order valence-electron chi connectivity index (χ2n) is 3.44. The van der Waals surface area contributed by atoms with Crippen LogP contribution >= 0.6 is 0 Å². The van der Waals surface area contributed by atoms with E-state index in [0.717, 1.165) is 5.69 Å². The van der Waals surface area contributed by atoms with Gasteiger partial charge in [-0.05, 0) is 25.1 Å². The van der Waals surface area contributed by atoms with Crippen LogP contribution in [0.15, 0.2) is 30.5 Å². The van der Waals surface area contributed by atoms with E-state index in [1.54, 1.807) is 23.0 Å². The molecule has 0 aliphatic heterocycles. The van der Waals surface area contributed by atoms with Crippen molar-refractivity contribution in [1.29, 1.82) is 0 Å². The van der Waals surface area contributed by atoms with Crippen LogP contribution in [0.4, 0.5) is 10.1 Å². The highest BCUT2D eigenvalue weighted by atomic mass is 19.1. The Hall–Kier alpha value is -1.84. The molecule has 1 aromatic carbocycles. The smallest absolute Gasteiger partial charge is 0.130 e. The molecular formula is C11H12FN3. The summed E-state index contributed by atoms with van der Waals surface area (Å²) in [4.78, 5) is 0. The molecule has 0 bridgehead atoms. The summed E-state index contributed by atoms with van der Waals surface area (Å²) < 4.78 is 15.2. The number of nitrogens with zero attached hydrogens (tertiary/aromatic N) is 2. The van der Waals surface area contributed by atoms with Gasteiger partial charge in [0.15, 0.2) is 0 Å². The number of hydrogen-bond donors (Lipinski definition) is 1. The summed E-state index contributed by atoms with van der Waals surface area (Å²) in [5.74, 6) is -0.287. The van der Waals surface area contributed by atoms with Gasteiger partial charge in [-0.2, -0.15) is 5.10 Å². The molecule has 0 spiro atoms. The van der Waals surface area contributed by atoms with Gasteiger partial charge in [-0.15, -0.1) is 0 Å². The van der Waals surface area contributed by atoms with E-state index >= 15 is 0 Å². The molecule has 2 N–H and O–H groups in total. The first kappa shape index (κ1) is 9.71. The second kappa shape index (κ2) is 3.73. The number of aromatic nitrogens is 2. The van der Waals surface area contributed by atoms with Crippen molar-refractivity contribution in [3.05, 3.63) is 47.5 Å². The van der Waals surface area contributed by atoms with Crippen molar-refractivity contribution in [2.45, 2.75) is 13.5 Å². The van der Waals surface area contributed by atoms with Crippen LogP contribution < -0.4 is 5.73 Å². The van der Waals surface area contributed by atoms with E-state index in [-0.39, 0.29) is 5.82 Å². The molecule has 0 aliphatic rings. The maximum absolute atomic E-state index is 13.5. The van der Waals surface area contributed by atoms with E-state index in [1.807, 2.05) is 13.0 Å². The molecule has 0 aliphatic carbocycles. The lowest BCUT2D eigenvalue weighted by molar-refractivity contribution is 0.582. The number of nitrogens with two attached hydrogens (primary N) is 1. The molecular weight excluding hydrogens is 193 g/mol. The fourth-order valence-electron chi connectivity index (χ4n) is 1.46. The Bertz CT molecular complexity index is 456. The van der Waals surface area contributed by atoms with Crippen LogP contribution in [0.5, 0.6) is 0 Å². The first-order valence-corrected chi connectivity index (χ1v) is 4.70. The lowest BCUT2D eigenvalue weighted by Gasteiger charge is -2.08. The number of benzene rings is 1. The lowest BCUT2D eigenvalue weighted by atomic mass is 10.1. The highest BCUT2D eigenvalue weighted by Gasteiger charge is 2.07. The minimum absolute atomic E-state index is 0.287. The molecule has 2 aromatic rings. The molecule has 15 heavy (non-hydrogen) atoms. The topological polar surface area (TPSA) is 43.8 Å². The highest BCUT2D eigenvalue weighted by molar-refractivity contribution is 5.47. The lowest BCUT2D eigenvalue weighted by Crippen LogP contribution is -2.08. The summed E-state index contributed by atoms with van der Waals surface area (Å²) in [6, 6.07) is 6.57. The normalized spacial score (nSPS) is 10.5. The van der Waals surface area contributed by atoms with Crippen molar-refractivity contribution in [3.8, 4) is 0 Å². The van der Waals surface area contributed by atoms with Crippen molar-refractivity contribution in [2.24, 2.45) is 0 Å². The first-order valence-electron chi connectivity index (χ1n) is 4.70. The third kappa shape index (κ3) is 1.83. The zero-order valence-electron chi connectivity index (χ0n) is 8.44. The molecule has 0 atom stereocenters. The Morgan fingerprint density at radius 3 is 2.80 bits per heavy atom. The Morgan fingerprint density at radius 2 is 2.20 bits per heavy atom. The van der Waals surface area contributed by atoms with Crippen molar-refractivity contribution in [3.63, 3.8) is 0 Å². The minimum Gasteiger partial charge on any atom is -0.398 e. The van der Waals surface area contributed by atoms with Gasteiger partial charge in [0.2, 0.25) is 0 Å². The Morgan fingerprint density at radius 1 is 1.40 bits per heavy atom. The van der Waals surface area contributed by atoms with Crippen LogP contribution in [0.25, 0.3) is 0 Å². The average Bonchev–Trinajstić information content (AvgIpc) is 2.58. The maximum Gasteiger partial charge on any atom is 0.130 e. The van der Waals surface area contributed by atoms with Gasteiger partial charge in [0, 0.05) is 23.1 Å². The average molecular weight is 205 g/mol. The van der Waals surface area contributed by atoms with Crippen molar-refractivity contribution in [2.75, 3.05) is 5.73 Å². The number of anilines is 1. The van der Waals surface area contributed by atoms with Crippen molar-refractivity contribution >= 4 is 5.69 Å². The zero-order chi connectivity index (χ0) is 10.8. The van der Waals surface area contributed by atoms with Crippen LogP contribution in [0.1, 0.15) is 11.3 Å². The summed E-state index contributed by atoms with van der Waals surface area (Å²) >= 11 is 0. The third-order valence-electron chi connectivity index (χ3n) is 2.39. The Balaban J connectivity index is 2.36. The van der Waals surface area contributed by atoms with E-state index in [4.69, 9.17) is 5.73 Å². The van der Waals surface area contributed by atoms with Gasteiger partial charge in [-0.3, -0.25) is 4.68 Å². The molecule has 1 aromatic heterocycles. The van der Waals surface area contributed by atoms with Gasteiger partial charge in [0.25, 0.3) is 0 Å². The van der Waals surface area contributed by atoms with E-state index in [1.165, 1.54) is 6.07 Å². The quantitative estimate of drug-likeness (QED) is 0.761. The molecule has 0 saturated heterocycles. The van der Waals surface area contributed by atoms with E-state index in [0.29, 0.717) is 17.8 Å². The summed E-state index contributed by atoms with van der Waals surface area (Å²) in [5.41, 5.74) is 7.64. The van der Waals surface area contributed by atoms with Gasteiger partial charge in [0.05, 0.1) is 6.54 Å².